The topological polar surface area (TPSA) is 71.1 Å². The lowest BCUT2D eigenvalue weighted by atomic mass is 10.2. The first-order chi connectivity index (χ1) is 10.6. The van der Waals surface area contributed by atoms with E-state index < -0.39 is 5.97 Å². The Morgan fingerprint density at radius 3 is 2.00 bits per heavy atom. The van der Waals surface area contributed by atoms with Crippen LogP contribution in [0.2, 0.25) is 0 Å². The molecule has 0 aromatic heterocycles. The summed E-state index contributed by atoms with van der Waals surface area (Å²) >= 11 is 0. The van der Waals surface area contributed by atoms with Crippen LogP contribution in [0.15, 0.2) is 18.2 Å². The van der Waals surface area contributed by atoms with E-state index in [9.17, 15) is 9.59 Å². The second kappa shape index (κ2) is 9.65. The smallest absolute Gasteiger partial charge is 0.311 e. The van der Waals surface area contributed by atoms with E-state index in [1.54, 1.807) is 25.1 Å². The standard InChI is InChI=1S/C16H22O6/c1-4-21-14(17)10-5-6-11-15(18)22-16-12(19-2)8-7-9-13(16)20-3/h7-9H,4-6,10-11H2,1-3H3. The van der Waals surface area contributed by atoms with Crippen LogP contribution in [0.1, 0.15) is 32.6 Å². The molecule has 6 heteroatoms. The van der Waals surface area contributed by atoms with Gasteiger partial charge in [-0.25, -0.2) is 0 Å². The molecule has 0 unspecified atom stereocenters. The van der Waals surface area contributed by atoms with Crippen LogP contribution in [0, 0.1) is 0 Å². The molecule has 0 N–H and O–H groups in total. The number of carbonyl (C=O) groups is 2. The third-order valence-corrected chi connectivity index (χ3v) is 2.92. The van der Waals surface area contributed by atoms with Crippen molar-refractivity contribution in [3.8, 4) is 17.2 Å². The summed E-state index contributed by atoms with van der Waals surface area (Å²) in [6.45, 7) is 2.13. The molecule has 22 heavy (non-hydrogen) atoms. The molecule has 0 amide bonds. The van der Waals surface area contributed by atoms with Gasteiger partial charge in [0, 0.05) is 12.8 Å². The van der Waals surface area contributed by atoms with Crippen molar-refractivity contribution in [2.75, 3.05) is 20.8 Å². The molecule has 0 aliphatic carbocycles. The van der Waals surface area contributed by atoms with Crippen molar-refractivity contribution in [1.82, 2.24) is 0 Å². The number of carbonyl (C=O) groups excluding carboxylic acids is 2. The summed E-state index contributed by atoms with van der Waals surface area (Å²) < 4.78 is 20.4. The van der Waals surface area contributed by atoms with Gasteiger partial charge in [0.2, 0.25) is 5.75 Å². The van der Waals surface area contributed by atoms with E-state index in [4.69, 9.17) is 18.9 Å². The number of esters is 2. The molecule has 1 aromatic carbocycles. The molecule has 0 bridgehead atoms. The fourth-order valence-electron chi connectivity index (χ4n) is 1.85. The molecule has 0 spiro atoms. The first-order valence-corrected chi connectivity index (χ1v) is 7.19. The predicted octanol–water partition coefficient (Wildman–Crippen LogP) is 2.73. The van der Waals surface area contributed by atoms with Crippen molar-refractivity contribution in [1.29, 1.82) is 0 Å². The Morgan fingerprint density at radius 2 is 1.50 bits per heavy atom. The monoisotopic (exact) mass is 310 g/mol. The van der Waals surface area contributed by atoms with Gasteiger partial charge in [0.05, 0.1) is 20.8 Å². The molecular formula is C16H22O6. The lowest BCUT2D eigenvalue weighted by molar-refractivity contribution is -0.143. The van der Waals surface area contributed by atoms with Gasteiger partial charge in [-0.1, -0.05) is 6.07 Å². The maximum atomic E-state index is 11.9. The van der Waals surface area contributed by atoms with Gasteiger partial charge in [-0.3, -0.25) is 9.59 Å². The van der Waals surface area contributed by atoms with Crippen LogP contribution < -0.4 is 14.2 Å². The highest BCUT2D eigenvalue weighted by atomic mass is 16.6. The zero-order valence-corrected chi connectivity index (χ0v) is 13.2. The molecule has 0 radical (unpaired) electrons. The number of hydrogen-bond acceptors (Lipinski definition) is 6. The Kier molecular flexibility index (Phi) is 7.81. The van der Waals surface area contributed by atoms with Crippen molar-refractivity contribution in [2.45, 2.75) is 32.6 Å². The molecule has 1 aromatic rings. The second-order valence-corrected chi connectivity index (χ2v) is 4.48. The Morgan fingerprint density at radius 1 is 0.955 bits per heavy atom. The molecule has 122 valence electrons. The third kappa shape index (κ3) is 5.63. The van der Waals surface area contributed by atoms with E-state index in [0.29, 0.717) is 37.4 Å². The maximum absolute atomic E-state index is 11.9. The number of ether oxygens (including phenoxy) is 4. The summed E-state index contributed by atoms with van der Waals surface area (Å²) in [4.78, 5) is 23.0. The largest absolute Gasteiger partial charge is 0.493 e. The van der Waals surface area contributed by atoms with Crippen molar-refractivity contribution in [3.63, 3.8) is 0 Å². The van der Waals surface area contributed by atoms with Crippen molar-refractivity contribution in [2.24, 2.45) is 0 Å². The van der Waals surface area contributed by atoms with E-state index in [1.165, 1.54) is 14.2 Å². The minimum Gasteiger partial charge on any atom is -0.493 e. The molecule has 0 fully saturated rings. The first kappa shape index (κ1) is 17.8. The van der Waals surface area contributed by atoms with Gasteiger partial charge in [0.1, 0.15) is 0 Å². The van der Waals surface area contributed by atoms with E-state index in [-0.39, 0.29) is 18.1 Å². The van der Waals surface area contributed by atoms with Gasteiger partial charge >= 0.3 is 11.9 Å². The average molecular weight is 310 g/mol. The summed E-state index contributed by atoms with van der Waals surface area (Å²) in [6, 6.07) is 5.12. The fourth-order valence-corrected chi connectivity index (χ4v) is 1.85. The molecule has 1 rings (SSSR count). The third-order valence-electron chi connectivity index (χ3n) is 2.92. The average Bonchev–Trinajstić information content (AvgIpc) is 2.52. The van der Waals surface area contributed by atoms with Gasteiger partial charge in [-0.2, -0.15) is 0 Å². The van der Waals surface area contributed by atoms with Gasteiger partial charge in [0.15, 0.2) is 11.5 Å². The van der Waals surface area contributed by atoms with Crippen LogP contribution in [-0.2, 0) is 14.3 Å². The van der Waals surface area contributed by atoms with E-state index >= 15 is 0 Å². The summed E-state index contributed by atoms with van der Waals surface area (Å²) in [6.07, 6.45) is 1.64. The van der Waals surface area contributed by atoms with Crippen LogP contribution in [0.25, 0.3) is 0 Å². The number of unbranched alkanes of at least 4 members (excludes halogenated alkanes) is 1. The van der Waals surface area contributed by atoms with Gasteiger partial charge in [-0.15, -0.1) is 0 Å². The lowest BCUT2D eigenvalue weighted by Gasteiger charge is -2.12. The lowest BCUT2D eigenvalue weighted by Crippen LogP contribution is -2.10. The SMILES string of the molecule is CCOC(=O)CCCCC(=O)Oc1c(OC)cccc1OC. The quantitative estimate of drug-likeness (QED) is 0.397. The Labute approximate surface area is 130 Å². The minimum absolute atomic E-state index is 0.209. The van der Waals surface area contributed by atoms with E-state index in [2.05, 4.69) is 0 Å². The van der Waals surface area contributed by atoms with E-state index in [1.807, 2.05) is 0 Å². The highest BCUT2D eigenvalue weighted by molar-refractivity contribution is 5.74. The molecule has 0 aliphatic heterocycles. The van der Waals surface area contributed by atoms with Crippen molar-refractivity contribution in [3.05, 3.63) is 18.2 Å². The van der Waals surface area contributed by atoms with Crippen LogP contribution in [0.5, 0.6) is 17.2 Å². The van der Waals surface area contributed by atoms with E-state index in [0.717, 1.165) is 0 Å². The summed E-state index contributed by atoms with van der Waals surface area (Å²) in [5, 5.41) is 0. The normalized spacial score (nSPS) is 9.95. The van der Waals surface area contributed by atoms with Gasteiger partial charge < -0.3 is 18.9 Å². The molecular weight excluding hydrogens is 288 g/mol. The molecule has 0 saturated carbocycles. The minimum atomic E-state index is -0.397. The van der Waals surface area contributed by atoms with Crippen molar-refractivity contribution >= 4 is 11.9 Å². The molecule has 0 aliphatic rings. The Hall–Kier alpha value is -2.24. The fraction of sp³-hybridized carbons (Fsp3) is 0.500. The summed E-state index contributed by atoms with van der Waals surface area (Å²) in [7, 11) is 2.98. The number of methoxy groups -OCH3 is 2. The summed E-state index contributed by atoms with van der Waals surface area (Å²) in [5.74, 6) is 0.482. The Balaban J connectivity index is 2.47. The van der Waals surface area contributed by atoms with Crippen LogP contribution in [0.4, 0.5) is 0 Å². The van der Waals surface area contributed by atoms with Crippen molar-refractivity contribution < 1.29 is 28.5 Å². The first-order valence-electron chi connectivity index (χ1n) is 7.19. The zero-order valence-electron chi connectivity index (χ0n) is 13.2. The second-order valence-electron chi connectivity index (χ2n) is 4.48. The number of hydrogen-bond donors (Lipinski definition) is 0. The van der Waals surface area contributed by atoms with Gasteiger partial charge in [-0.05, 0) is 31.9 Å². The van der Waals surface area contributed by atoms with Crippen LogP contribution in [-0.4, -0.2) is 32.8 Å². The van der Waals surface area contributed by atoms with Crippen LogP contribution in [0.3, 0.4) is 0 Å². The summed E-state index contributed by atoms with van der Waals surface area (Å²) in [5.41, 5.74) is 0. The molecule has 0 saturated heterocycles. The molecule has 6 nitrogen and oxygen atoms in total. The predicted molar refractivity (Wildman–Crippen MR) is 80.3 cm³/mol. The zero-order chi connectivity index (χ0) is 16.4. The highest BCUT2D eigenvalue weighted by Crippen LogP contribution is 2.37. The van der Waals surface area contributed by atoms with Gasteiger partial charge in [0.25, 0.3) is 0 Å². The molecule has 0 heterocycles. The highest BCUT2D eigenvalue weighted by Gasteiger charge is 2.15. The van der Waals surface area contributed by atoms with Crippen LogP contribution >= 0.6 is 0 Å². The number of benzene rings is 1. The molecule has 0 atom stereocenters. The maximum Gasteiger partial charge on any atom is 0.311 e. The number of para-hydroxylation sites is 1. The Bertz CT molecular complexity index is 475. The number of rotatable bonds is 9.